The second-order valence-electron chi connectivity index (χ2n) is 5.39. The minimum absolute atomic E-state index is 0.0366. The van der Waals surface area contributed by atoms with Gasteiger partial charge in [0.1, 0.15) is 5.75 Å². The molecule has 1 fully saturated rings. The van der Waals surface area contributed by atoms with Gasteiger partial charge < -0.3 is 9.47 Å². The average Bonchev–Trinajstić information content (AvgIpc) is 2.80. The van der Waals surface area contributed by atoms with E-state index in [2.05, 4.69) is 31.4 Å². The lowest BCUT2D eigenvalue weighted by Gasteiger charge is -2.25. The summed E-state index contributed by atoms with van der Waals surface area (Å²) in [5, 5.41) is 0. The van der Waals surface area contributed by atoms with Crippen LogP contribution in [0.3, 0.4) is 0 Å². The molecule has 0 spiro atoms. The molecule has 3 atom stereocenters. The molecule has 1 aliphatic heterocycles. The molecule has 1 aromatic rings. The van der Waals surface area contributed by atoms with E-state index in [0.29, 0.717) is 6.10 Å². The first-order chi connectivity index (χ1) is 9.06. The van der Waals surface area contributed by atoms with E-state index in [9.17, 15) is 0 Å². The Balaban J connectivity index is 2.30. The van der Waals surface area contributed by atoms with Crippen molar-refractivity contribution in [2.75, 3.05) is 7.11 Å². The summed E-state index contributed by atoms with van der Waals surface area (Å²) in [4.78, 5) is 0. The Morgan fingerprint density at radius 3 is 2.58 bits per heavy atom. The van der Waals surface area contributed by atoms with Gasteiger partial charge in [0.2, 0.25) is 0 Å². The van der Waals surface area contributed by atoms with Gasteiger partial charge in [0, 0.05) is 0 Å². The van der Waals surface area contributed by atoms with Crippen LogP contribution in [0.2, 0.25) is 0 Å². The second-order valence-corrected chi connectivity index (χ2v) is 5.39. The van der Waals surface area contributed by atoms with Gasteiger partial charge in [-0.15, -0.1) is 0 Å². The van der Waals surface area contributed by atoms with Gasteiger partial charge in [-0.25, -0.2) is 0 Å². The number of ether oxygens (including phenoxy) is 2. The van der Waals surface area contributed by atoms with Gasteiger partial charge in [0.05, 0.1) is 25.4 Å². The summed E-state index contributed by atoms with van der Waals surface area (Å²) >= 11 is 0. The van der Waals surface area contributed by atoms with Crippen molar-refractivity contribution < 1.29 is 9.47 Å². The molecule has 4 nitrogen and oxygen atoms in total. The molecular weight excluding hydrogens is 240 g/mol. The Kier molecular flexibility index (Phi) is 4.45. The van der Waals surface area contributed by atoms with Crippen molar-refractivity contribution in [2.45, 2.75) is 51.9 Å². The highest BCUT2D eigenvalue weighted by Gasteiger charge is 2.31. The molecule has 2 rings (SSSR count). The summed E-state index contributed by atoms with van der Waals surface area (Å²) in [6.07, 6.45) is 2.60. The van der Waals surface area contributed by atoms with Crippen LogP contribution in [0.1, 0.15) is 42.5 Å². The fourth-order valence-electron chi connectivity index (χ4n) is 2.84. The van der Waals surface area contributed by atoms with Crippen molar-refractivity contribution >= 4 is 0 Å². The first kappa shape index (κ1) is 14.3. The van der Waals surface area contributed by atoms with Crippen molar-refractivity contribution in [3.63, 3.8) is 0 Å². The van der Waals surface area contributed by atoms with Crippen LogP contribution in [-0.2, 0) is 4.74 Å². The third kappa shape index (κ3) is 2.91. The molecule has 0 bridgehead atoms. The Morgan fingerprint density at radius 2 is 2.05 bits per heavy atom. The largest absolute Gasteiger partial charge is 0.496 e. The van der Waals surface area contributed by atoms with E-state index in [4.69, 9.17) is 15.3 Å². The van der Waals surface area contributed by atoms with Crippen molar-refractivity contribution in [1.29, 1.82) is 0 Å². The lowest BCUT2D eigenvalue weighted by molar-refractivity contribution is 0.0314. The predicted octanol–water partition coefficient (Wildman–Crippen LogP) is 2.38. The van der Waals surface area contributed by atoms with Crippen LogP contribution in [0.4, 0.5) is 0 Å². The molecule has 0 aliphatic carbocycles. The van der Waals surface area contributed by atoms with E-state index >= 15 is 0 Å². The SMILES string of the molecule is COc1cc(C)c(C(NN)C2CCC(C)O2)cc1C. The van der Waals surface area contributed by atoms with Gasteiger partial charge in [0.25, 0.3) is 0 Å². The molecule has 1 aromatic carbocycles. The predicted molar refractivity (Wildman–Crippen MR) is 76.1 cm³/mol. The van der Waals surface area contributed by atoms with Gasteiger partial charge in [-0.3, -0.25) is 11.3 Å². The van der Waals surface area contributed by atoms with Crippen LogP contribution < -0.4 is 16.0 Å². The molecule has 1 saturated heterocycles. The van der Waals surface area contributed by atoms with E-state index in [0.717, 1.165) is 24.2 Å². The van der Waals surface area contributed by atoms with Crippen molar-refractivity contribution in [2.24, 2.45) is 5.84 Å². The third-order valence-corrected chi connectivity index (χ3v) is 3.93. The zero-order valence-electron chi connectivity index (χ0n) is 12.2. The lowest BCUT2D eigenvalue weighted by atomic mass is 9.94. The molecule has 19 heavy (non-hydrogen) atoms. The normalized spacial score (nSPS) is 24.5. The highest BCUT2D eigenvalue weighted by molar-refractivity contribution is 5.43. The van der Waals surface area contributed by atoms with Gasteiger partial charge in [-0.2, -0.15) is 0 Å². The van der Waals surface area contributed by atoms with Gasteiger partial charge in [-0.05, 0) is 56.4 Å². The fourth-order valence-corrected chi connectivity index (χ4v) is 2.84. The molecule has 0 saturated carbocycles. The highest BCUT2D eigenvalue weighted by Crippen LogP contribution is 2.33. The van der Waals surface area contributed by atoms with Crippen LogP contribution in [-0.4, -0.2) is 19.3 Å². The molecule has 0 radical (unpaired) electrons. The van der Waals surface area contributed by atoms with E-state index < -0.39 is 0 Å². The molecule has 106 valence electrons. The number of benzene rings is 1. The van der Waals surface area contributed by atoms with Crippen molar-refractivity contribution in [3.05, 3.63) is 28.8 Å². The maximum absolute atomic E-state index is 5.95. The summed E-state index contributed by atoms with van der Waals surface area (Å²) < 4.78 is 11.3. The summed E-state index contributed by atoms with van der Waals surface area (Å²) in [5.41, 5.74) is 6.41. The van der Waals surface area contributed by atoms with Crippen LogP contribution in [0.15, 0.2) is 12.1 Å². The maximum atomic E-state index is 5.95. The van der Waals surface area contributed by atoms with Crippen LogP contribution in [0, 0.1) is 13.8 Å². The lowest BCUT2D eigenvalue weighted by Crippen LogP contribution is -2.37. The number of hydrazine groups is 1. The Morgan fingerprint density at radius 1 is 1.32 bits per heavy atom. The Labute approximate surface area is 115 Å². The number of nitrogens with one attached hydrogen (secondary N) is 1. The Bertz CT molecular complexity index is 448. The van der Waals surface area contributed by atoms with E-state index in [-0.39, 0.29) is 12.1 Å². The first-order valence-electron chi connectivity index (χ1n) is 6.83. The minimum Gasteiger partial charge on any atom is -0.496 e. The average molecular weight is 264 g/mol. The van der Waals surface area contributed by atoms with E-state index in [1.54, 1.807) is 7.11 Å². The van der Waals surface area contributed by atoms with Crippen molar-refractivity contribution in [1.82, 2.24) is 5.43 Å². The number of nitrogens with two attached hydrogens (primary N) is 1. The zero-order valence-corrected chi connectivity index (χ0v) is 12.2. The van der Waals surface area contributed by atoms with Crippen LogP contribution in [0.25, 0.3) is 0 Å². The number of hydrogen-bond acceptors (Lipinski definition) is 4. The standard InChI is InChI=1S/C15H24N2O2/c1-9-8-14(18-4)10(2)7-12(9)15(17-16)13-6-5-11(3)19-13/h7-8,11,13,15,17H,5-6,16H2,1-4H3. The molecule has 1 aliphatic rings. The maximum Gasteiger partial charge on any atom is 0.122 e. The quantitative estimate of drug-likeness (QED) is 0.647. The first-order valence-corrected chi connectivity index (χ1v) is 6.83. The molecule has 0 amide bonds. The third-order valence-electron chi connectivity index (χ3n) is 3.93. The monoisotopic (exact) mass is 264 g/mol. The van der Waals surface area contributed by atoms with Crippen LogP contribution >= 0.6 is 0 Å². The van der Waals surface area contributed by atoms with Gasteiger partial charge in [-0.1, -0.05) is 6.07 Å². The van der Waals surface area contributed by atoms with E-state index in [1.165, 1.54) is 11.1 Å². The molecule has 0 aromatic heterocycles. The van der Waals surface area contributed by atoms with Gasteiger partial charge >= 0.3 is 0 Å². The zero-order chi connectivity index (χ0) is 14.0. The number of rotatable bonds is 4. The van der Waals surface area contributed by atoms with Crippen LogP contribution in [0.5, 0.6) is 5.75 Å². The summed E-state index contributed by atoms with van der Waals surface area (Å²) in [7, 11) is 1.70. The van der Waals surface area contributed by atoms with E-state index in [1.807, 2.05) is 6.92 Å². The smallest absolute Gasteiger partial charge is 0.122 e. The molecule has 4 heteroatoms. The molecule has 3 N–H and O–H groups in total. The highest BCUT2D eigenvalue weighted by atomic mass is 16.5. The summed E-state index contributed by atoms with van der Waals surface area (Å²) in [6.45, 7) is 6.24. The number of methoxy groups -OCH3 is 1. The minimum atomic E-state index is 0.0366. The fraction of sp³-hybridized carbons (Fsp3) is 0.600. The Hall–Kier alpha value is -1.10. The van der Waals surface area contributed by atoms with Gasteiger partial charge in [0.15, 0.2) is 0 Å². The topological polar surface area (TPSA) is 56.5 Å². The van der Waals surface area contributed by atoms with Crippen molar-refractivity contribution in [3.8, 4) is 5.75 Å². The summed E-state index contributed by atoms with van der Waals surface area (Å²) in [6, 6.07) is 4.24. The molecule has 1 heterocycles. The number of hydrogen-bond donors (Lipinski definition) is 2. The number of aryl methyl sites for hydroxylation is 2. The molecule has 3 unspecified atom stereocenters. The second kappa shape index (κ2) is 5.90. The summed E-state index contributed by atoms with van der Waals surface area (Å²) in [5.74, 6) is 6.67. The molecular formula is C15H24N2O2.